The van der Waals surface area contributed by atoms with E-state index in [1.165, 1.54) is 6.33 Å². The van der Waals surface area contributed by atoms with Crippen LogP contribution in [0.3, 0.4) is 0 Å². The van der Waals surface area contributed by atoms with Gasteiger partial charge in [0.25, 0.3) is 0 Å². The van der Waals surface area contributed by atoms with Crippen molar-refractivity contribution in [1.29, 1.82) is 0 Å². The Morgan fingerprint density at radius 2 is 2.33 bits per heavy atom. The Labute approximate surface area is 123 Å². The van der Waals surface area contributed by atoms with Gasteiger partial charge in [0, 0.05) is 0 Å². The highest BCUT2D eigenvalue weighted by Gasteiger charge is 2.15. The third kappa shape index (κ3) is 4.17. The number of carbonyl (C=O) groups is 1. The molecule has 0 aliphatic carbocycles. The van der Waals surface area contributed by atoms with E-state index >= 15 is 0 Å². The topological polar surface area (TPSA) is 69.0 Å². The molecule has 1 atom stereocenters. The number of hydrogen-bond donors (Lipinski definition) is 1. The zero-order chi connectivity index (χ0) is 15.1. The molecule has 0 bridgehead atoms. The van der Waals surface area contributed by atoms with E-state index in [0.29, 0.717) is 24.6 Å². The smallest absolute Gasteiger partial charge is 0.229 e. The number of nitrogens with zero attached hydrogens (tertiary/aromatic N) is 3. The largest absolute Gasteiger partial charge is 0.487 e. The molecule has 1 aromatic heterocycles. The maximum absolute atomic E-state index is 12.2. The van der Waals surface area contributed by atoms with E-state index in [0.717, 1.165) is 0 Å². The fraction of sp³-hybridized carbons (Fsp3) is 0.267. The number of benzene rings is 1. The molecule has 0 saturated heterocycles. The molecule has 1 amide bonds. The van der Waals surface area contributed by atoms with Crippen molar-refractivity contribution in [3.05, 3.63) is 49.6 Å². The van der Waals surface area contributed by atoms with Crippen molar-refractivity contribution >= 4 is 11.6 Å². The highest BCUT2D eigenvalue weighted by atomic mass is 16.5. The van der Waals surface area contributed by atoms with E-state index in [-0.39, 0.29) is 11.8 Å². The molecule has 6 nitrogen and oxygen atoms in total. The first kappa shape index (κ1) is 14.8. The van der Waals surface area contributed by atoms with Crippen LogP contribution in [-0.2, 0) is 11.3 Å². The number of carbonyl (C=O) groups excluding carboxylic acids is 1. The minimum absolute atomic E-state index is 0.0971. The molecule has 21 heavy (non-hydrogen) atoms. The van der Waals surface area contributed by atoms with Crippen molar-refractivity contribution in [2.45, 2.75) is 13.5 Å². The molecule has 1 unspecified atom stereocenters. The van der Waals surface area contributed by atoms with Crippen molar-refractivity contribution in [3.8, 4) is 5.75 Å². The number of para-hydroxylation sites is 2. The van der Waals surface area contributed by atoms with Crippen LogP contribution in [0.1, 0.15) is 6.92 Å². The van der Waals surface area contributed by atoms with Crippen molar-refractivity contribution in [3.63, 3.8) is 0 Å². The summed E-state index contributed by atoms with van der Waals surface area (Å²) in [5.74, 6) is 0.290. The summed E-state index contributed by atoms with van der Waals surface area (Å²) in [6, 6.07) is 7.31. The van der Waals surface area contributed by atoms with Gasteiger partial charge in [0.05, 0.1) is 18.2 Å². The van der Waals surface area contributed by atoms with Crippen LogP contribution >= 0.6 is 0 Å². The Morgan fingerprint density at radius 3 is 3.05 bits per heavy atom. The summed E-state index contributed by atoms with van der Waals surface area (Å²) in [6.45, 7) is 6.31. The van der Waals surface area contributed by atoms with Crippen LogP contribution in [0.2, 0.25) is 0 Å². The highest BCUT2D eigenvalue weighted by molar-refractivity contribution is 5.93. The van der Waals surface area contributed by atoms with Gasteiger partial charge in [0.2, 0.25) is 5.91 Å². The fourth-order valence-corrected chi connectivity index (χ4v) is 1.79. The van der Waals surface area contributed by atoms with Crippen LogP contribution in [0.15, 0.2) is 49.6 Å². The average molecular weight is 286 g/mol. The summed E-state index contributed by atoms with van der Waals surface area (Å²) >= 11 is 0. The van der Waals surface area contributed by atoms with Gasteiger partial charge in [-0.05, 0) is 12.1 Å². The molecule has 2 rings (SSSR count). The van der Waals surface area contributed by atoms with E-state index in [9.17, 15) is 4.79 Å². The number of aromatic nitrogens is 3. The van der Waals surface area contributed by atoms with Crippen LogP contribution in [0.4, 0.5) is 5.69 Å². The molecule has 1 aromatic carbocycles. The Hall–Kier alpha value is -2.63. The maximum atomic E-state index is 12.2. The van der Waals surface area contributed by atoms with E-state index in [1.54, 1.807) is 29.2 Å². The zero-order valence-corrected chi connectivity index (χ0v) is 11.9. The normalized spacial score (nSPS) is 11.7. The second kappa shape index (κ2) is 7.23. The van der Waals surface area contributed by atoms with Crippen LogP contribution in [0.5, 0.6) is 5.75 Å². The van der Waals surface area contributed by atoms with Gasteiger partial charge < -0.3 is 10.1 Å². The average Bonchev–Trinajstić information content (AvgIpc) is 2.99. The minimum atomic E-state index is -0.237. The Kier molecular flexibility index (Phi) is 5.09. The summed E-state index contributed by atoms with van der Waals surface area (Å²) in [5.41, 5.74) is 0.648. The summed E-state index contributed by atoms with van der Waals surface area (Å²) in [5, 5.41) is 6.87. The van der Waals surface area contributed by atoms with Crippen molar-refractivity contribution in [1.82, 2.24) is 14.8 Å². The summed E-state index contributed by atoms with van der Waals surface area (Å²) < 4.78 is 7.14. The first-order valence-electron chi connectivity index (χ1n) is 6.66. The number of amides is 1. The third-order valence-corrected chi connectivity index (χ3v) is 2.88. The number of rotatable bonds is 7. The van der Waals surface area contributed by atoms with Crippen LogP contribution < -0.4 is 10.1 Å². The van der Waals surface area contributed by atoms with Gasteiger partial charge in [0.15, 0.2) is 0 Å². The molecular weight excluding hydrogens is 268 g/mol. The second-order valence-corrected chi connectivity index (χ2v) is 4.60. The first-order valence-corrected chi connectivity index (χ1v) is 6.66. The van der Waals surface area contributed by atoms with Gasteiger partial charge in [-0.15, -0.1) is 0 Å². The summed E-state index contributed by atoms with van der Waals surface area (Å²) in [4.78, 5) is 16.1. The predicted octanol–water partition coefficient (Wildman–Crippen LogP) is 2.12. The number of nitrogens with one attached hydrogen (secondary N) is 1. The number of hydrogen-bond acceptors (Lipinski definition) is 4. The Bertz CT molecular complexity index is 595. The molecule has 0 saturated carbocycles. The molecular formula is C15H18N4O2. The first-order chi connectivity index (χ1) is 10.2. The molecule has 1 heterocycles. The Balaban J connectivity index is 2.00. The van der Waals surface area contributed by atoms with Gasteiger partial charge in [0.1, 0.15) is 25.0 Å². The SMILES string of the molecule is C=CCOc1ccccc1NC(=O)C(C)Cn1cncn1. The molecule has 0 aliphatic rings. The Morgan fingerprint density at radius 1 is 1.52 bits per heavy atom. The lowest BCUT2D eigenvalue weighted by atomic mass is 10.1. The second-order valence-electron chi connectivity index (χ2n) is 4.60. The monoisotopic (exact) mass is 286 g/mol. The van der Waals surface area contributed by atoms with Gasteiger partial charge in [-0.3, -0.25) is 9.48 Å². The van der Waals surface area contributed by atoms with Crippen molar-refractivity contribution < 1.29 is 9.53 Å². The maximum Gasteiger partial charge on any atom is 0.229 e. The predicted molar refractivity (Wildman–Crippen MR) is 79.9 cm³/mol. The number of ether oxygens (including phenoxy) is 1. The standard InChI is InChI=1S/C15H18N4O2/c1-3-8-21-14-7-5-4-6-13(14)18-15(20)12(2)9-19-11-16-10-17-19/h3-7,10-12H,1,8-9H2,2H3,(H,18,20). The summed E-state index contributed by atoms with van der Waals surface area (Å²) in [6.07, 6.45) is 4.69. The zero-order valence-electron chi connectivity index (χ0n) is 11.9. The van der Waals surface area contributed by atoms with Crippen molar-refractivity contribution in [2.24, 2.45) is 5.92 Å². The van der Waals surface area contributed by atoms with Crippen LogP contribution in [0, 0.1) is 5.92 Å². The quantitative estimate of drug-likeness (QED) is 0.792. The fourth-order valence-electron chi connectivity index (χ4n) is 1.79. The highest BCUT2D eigenvalue weighted by Crippen LogP contribution is 2.24. The lowest BCUT2D eigenvalue weighted by Gasteiger charge is -2.14. The summed E-state index contributed by atoms with van der Waals surface area (Å²) in [7, 11) is 0. The molecule has 2 aromatic rings. The van der Waals surface area contributed by atoms with Crippen molar-refractivity contribution in [2.75, 3.05) is 11.9 Å². The van der Waals surface area contributed by atoms with Crippen LogP contribution in [-0.4, -0.2) is 27.3 Å². The number of anilines is 1. The van der Waals surface area contributed by atoms with E-state index < -0.39 is 0 Å². The molecule has 110 valence electrons. The molecule has 6 heteroatoms. The lowest BCUT2D eigenvalue weighted by molar-refractivity contribution is -0.119. The van der Waals surface area contributed by atoms with E-state index in [1.807, 2.05) is 19.1 Å². The minimum Gasteiger partial charge on any atom is -0.487 e. The molecule has 0 fully saturated rings. The molecule has 1 N–H and O–H groups in total. The van der Waals surface area contributed by atoms with Crippen LogP contribution in [0.25, 0.3) is 0 Å². The molecule has 0 aliphatic heterocycles. The van der Waals surface area contributed by atoms with Gasteiger partial charge in [-0.25, -0.2) is 4.98 Å². The third-order valence-electron chi connectivity index (χ3n) is 2.88. The van der Waals surface area contributed by atoms with Gasteiger partial charge in [-0.2, -0.15) is 5.10 Å². The molecule has 0 radical (unpaired) electrons. The van der Waals surface area contributed by atoms with Gasteiger partial charge in [-0.1, -0.05) is 31.7 Å². The van der Waals surface area contributed by atoms with Gasteiger partial charge >= 0.3 is 0 Å². The lowest BCUT2D eigenvalue weighted by Crippen LogP contribution is -2.24. The van der Waals surface area contributed by atoms with E-state index in [4.69, 9.17) is 4.74 Å². The molecule has 0 spiro atoms. The van der Waals surface area contributed by atoms with E-state index in [2.05, 4.69) is 22.0 Å².